The molecule has 0 radical (unpaired) electrons. The highest BCUT2D eigenvalue weighted by atomic mass is 16.6. The van der Waals surface area contributed by atoms with Gasteiger partial charge in [0.05, 0.1) is 118 Å². The van der Waals surface area contributed by atoms with Crippen molar-refractivity contribution in [3.63, 3.8) is 0 Å². The van der Waals surface area contributed by atoms with E-state index in [4.69, 9.17) is 48.7 Å². The molecule has 14 heteroatoms. The Balaban J connectivity index is 1.81. The van der Waals surface area contributed by atoms with E-state index in [9.17, 15) is 9.59 Å². The average molecular weight is 660 g/mol. The molecule has 0 aromatic heterocycles. The standard InChI is InChI=1S/C32H57N3O11/c1-34-30(32(33)38)4-2-3-28-5-7-29(8-6-28)27-35-31(37)9-11-39-13-15-41-17-19-43-21-23-45-25-26-46-24-22-44-20-18-42-16-14-40-12-10-36/h5-8,30,34,36H,2-4,9-27H2,1H3,(H2,33,38)(H,35,37)/t30-/m0/s1. The predicted octanol–water partition coefficient (Wildman–Crippen LogP) is 0.214. The third-order valence-corrected chi connectivity index (χ3v) is 6.48. The summed E-state index contributed by atoms with van der Waals surface area (Å²) in [5.41, 5.74) is 7.55. The summed E-state index contributed by atoms with van der Waals surface area (Å²) in [4.78, 5) is 23.4. The molecule has 0 bridgehead atoms. The lowest BCUT2D eigenvalue weighted by Crippen LogP contribution is -2.39. The molecule has 0 saturated carbocycles. The lowest BCUT2D eigenvalue weighted by molar-refractivity contribution is -0.122. The molecule has 0 spiro atoms. The summed E-state index contributed by atoms with van der Waals surface area (Å²) in [6.07, 6.45) is 2.70. The predicted molar refractivity (Wildman–Crippen MR) is 172 cm³/mol. The maximum Gasteiger partial charge on any atom is 0.234 e. The molecular formula is C32H57N3O11. The second-order valence-corrected chi connectivity index (χ2v) is 10.1. The first-order chi connectivity index (χ1) is 22.6. The Morgan fingerprint density at radius 1 is 0.652 bits per heavy atom. The van der Waals surface area contributed by atoms with E-state index in [2.05, 4.69) is 10.6 Å². The van der Waals surface area contributed by atoms with Crippen LogP contribution in [-0.2, 0) is 60.4 Å². The van der Waals surface area contributed by atoms with Gasteiger partial charge in [-0.2, -0.15) is 0 Å². The van der Waals surface area contributed by atoms with Crippen molar-refractivity contribution in [1.82, 2.24) is 10.6 Å². The third kappa shape index (κ3) is 25.9. The van der Waals surface area contributed by atoms with Gasteiger partial charge in [0.25, 0.3) is 0 Å². The number of aliphatic hydroxyl groups excluding tert-OH is 1. The lowest BCUT2D eigenvalue weighted by atomic mass is 10.0. The minimum atomic E-state index is -0.331. The van der Waals surface area contributed by atoms with Crippen LogP contribution in [0.5, 0.6) is 0 Å². The van der Waals surface area contributed by atoms with Crippen LogP contribution in [0.15, 0.2) is 24.3 Å². The van der Waals surface area contributed by atoms with Crippen molar-refractivity contribution in [2.45, 2.75) is 38.3 Å². The number of carbonyl (C=O) groups is 2. The van der Waals surface area contributed by atoms with Gasteiger partial charge in [-0.3, -0.25) is 9.59 Å². The summed E-state index contributed by atoms with van der Waals surface area (Å²) in [5.74, 6) is -0.399. The third-order valence-electron chi connectivity index (χ3n) is 6.48. The van der Waals surface area contributed by atoms with Gasteiger partial charge in [0.1, 0.15) is 0 Å². The summed E-state index contributed by atoms with van der Waals surface area (Å²) in [5, 5.41) is 14.4. The highest BCUT2D eigenvalue weighted by Gasteiger charge is 2.11. The Labute approximate surface area is 273 Å². The highest BCUT2D eigenvalue weighted by Crippen LogP contribution is 2.09. The van der Waals surface area contributed by atoms with E-state index in [1.54, 1.807) is 7.05 Å². The van der Waals surface area contributed by atoms with Gasteiger partial charge in [-0.05, 0) is 37.4 Å². The van der Waals surface area contributed by atoms with E-state index in [-0.39, 0.29) is 30.9 Å². The fourth-order valence-electron chi connectivity index (χ4n) is 3.92. The van der Waals surface area contributed by atoms with Gasteiger partial charge < -0.3 is 59.4 Å². The first-order valence-corrected chi connectivity index (χ1v) is 16.1. The monoisotopic (exact) mass is 659 g/mol. The summed E-state index contributed by atoms with van der Waals surface area (Å²) in [6.45, 7) is 7.74. The number of nitrogens with two attached hydrogens (primary N) is 1. The molecule has 5 N–H and O–H groups in total. The van der Waals surface area contributed by atoms with Crippen molar-refractivity contribution in [3.8, 4) is 0 Å². The van der Waals surface area contributed by atoms with Gasteiger partial charge >= 0.3 is 0 Å². The van der Waals surface area contributed by atoms with Crippen molar-refractivity contribution in [3.05, 3.63) is 35.4 Å². The highest BCUT2D eigenvalue weighted by molar-refractivity contribution is 5.79. The smallest absolute Gasteiger partial charge is 0.234 e. The second kappa shape index (κ2) is 31.4. The van der Waals surface area contributed by atoms with Crippen LogP contribution in [0.25, 0.3) is 0 Å². The average Bonchev–Trinajstić information content (AvgIpc) is 3.06. The molecule has 1 atom stereocenters. The van der Waals surface area contributed by atoms with E-state index in [1.165, 1.54) is 5.56 Å². The van der Waals surface area contributed by atoms with Crippen molar-refractivity contribution in [2.75, 3.05) is 119 Å². The quantitative estimate of drug-likeness (QED) is 0.0741. The maximum absolute atomic E-state index is 12.1. The van der Waals surface area contributed by atoms with Crippen LogP contribution in [-0.4, -0.2) is 142 Å². The molecule has 0 aliphatic heterocycles. The number of hydrogen-bond donors (Lipinski definition) is 4. The number of amides is 2. The van der Waals surface area contributed by atoms with E-state index >= 15 is 0 Å². The molecule has 0 fully saturated rings. The zero-order chi connectivity index (χ0) is 33.3. The summed E-state index contributed by atoms with van der Waals surface area (Å²) >= 11 is 0. The molecule has 2 amide bonds. The SMILES string of the molecule is CN[C@@H](CCCc1ccc(CNC(=O)CCOCCOCCOCCOCCOCCOCCOCCOCCO)cc1)C(N)=O. The van der Waals surface area contributed by atoms with E-state index < -0.39 is 0 Å². The Morgan fingerprint density at radius 3 is 1.43 bits per heavy atom. The summed E-state index contributed by atoms with van der Waals surface area (Å²) in [7, 11) is 1.74. The molecule has 1 aromatic rings. The van der Waals surface area contributed by atoms with Gasteiger partial charge in [0.2, 0.25) is 11.8 Å². The van der Waals surface area contributed by atoms with Gasteiger partial charge in [-0.1, -0.05) is 24.3 Å². The van der Waals surface area contributed by atoms with Crippen molar-refractivity contribution in [1.29, 1.82) is 0 Å². The normalized spacial score (nSPS) is 12.0. The summed E-state index contributed by atoms with van der Waals surface area (Å²) in [6, 6.07) is 7.79. The maximum atomic E-state index is 12.1. The number of primary amides is 1. The fourth-order valence-corrected chi connectivity index (χ4v) is 3.92. The minimum absolute atomic E-state index is 0.0184. The number of likely N-dealkylation sites (N-methyl/N-ethyl adjacent to an activating group) is 1. The van der Waals surface area contributed by atoms with E-state index in [0.717, 1.165) is 18.4 Å². The molecule has 0 aliphatic rings. The topological polar surface area (TPSA) is 178 Å². The molecular weight excluding hydrogens is 602 g/mol. The number of aliphatic hydroxyl groups is 1. The Bertz CT molecular complexity index is 849. The van der Waals surface area contributed by atoms with Crippen LogP contribution in [0.1, 0.15) is 30.4 Å². The number of carbonyl (C=O) groups excluding carboxylic acids is 2. The number of benzene rings is 1. The number of ether oxygens (including phenoxy) is 8. The Hall–Kier alpha value is -2.24. The Kier molecular flexibility index (Phi) is 28.5. The molecule has 0 saturated heterocycles. The number of rotatable bonds is 34. The first-order valence-electron chi connectivity index (χ1n) is 16.1. The molecule has 1 aromatic carbocycles. The zero-order valence-electron chi connectivity index (χ0n) is 27.6. The molecule has 46 heavy (non-hydrogen) atoms. The van der Waals surface area contributed by atoms with Crippen LogP contribution >= 0.6 is 0 Å². The van der Waals surface area contributed by atoms with Crippen LogP contribution in [0, 0.1) is 0 Å². The number of nitrogens with one attached hydrogen (secondary N) is 2. The second-order valence-electron chi connectivity index (χ2n) is 10.1. The molecule has 0 aliphatic carbocycles. The van der Waals surface area contributed by atoms with Crippen molar-refractivity contribution < 1.29 is 52.6 Å². The van der Waals surface area contributed by atoms with Crippen molar-refractivity contribution in [2.24, 2.45) is 5.73 Å². The lowest BCUT2D eigenvalue weighted by Gasteiger charge is -2.12. The number of hydrogen-bond acceptors (Lipinski definition) is 12. The minimum Gasteiger partial charge on any atom is -0.394 e. The molecule has 0 unspecified atom stereocenters. The van der Waals surface area contributed by atoms with Crippen LogP contribution in [0.3, 0.4) is 0 Å². The zero-order valence-corrected chi connectivity index (χ0v) is 27.6. The molecule has 0 heterocycles. The fraction of sp³-hybridized carbons (Fsp3) is 0.750. The van der Waals surface area contributed by atoms with E-state index in [1.807, 2.05) is 24.3 Å². The first kappa shape index (κ1) is 41.8. The molecule has 1 rings (SSSR count). The molecule has 14 nitrogen and oxygen atoms in total. The van der Waals surface area contributed by atoms with E-state index in [0.29, 0.717) is 119 Å². The van der Waals surface area contributed by atoms with Crippen molar-refractivity contribution >= 4 is 11.8 Å². The van der Waals surface area contributed by atoms with Crippen LogP contribution in [0.2, 0.25) is 0 Å². The van der Waals surface area contributed by atoms with Gasteiger partial charge in [0, 0.05) is 13.0 Å². The van der Waals surface area contributed by atoms with Gasteiger partial charge in [-0.25, -0.2) is 0 Å². The summed E-state index contributed by atoms with van der Waals surface area (Å²) < 4.78 is 43.1. The van der Waals surface area contributed by atoms with Gasteiger partial charge in [-0.15, -0.1) is 0 Å². The number of aryl methyl sites for hydroxylation is 1. The van der Waals surface area contributed by atoms with Crippen LogP contribution in [0.4, 0.5) is 0 Å². The van der Waals surface area contributed by atoms with Gasteiger partial charge in [0.15, 0.2) is 0 Å². The van der Waals surface area contributed by atoms with Crippen LogP contribution < -0.4 is 16.4 Å². The molecule has 266 valence electrons. The Morgan fingerprint density at radius 2 is 1.04 bits per heavy atom. The largest absolute Gasteiger partial charge is 0.394 e.